The van der Waals surface area contributed by atoms with Crippen molar-refractivity contribution >= 4 is 5.82 Å². The molecule has 0 radical (unpaired) electrons. The highest BCUT2D eigenvalue weighted by Crippen LogP contribution is 2.12. The number of anilines is 1. The highest BCUT2D eigenvalue weighted by Gasteiger charge is 2.02. The molecule has 88 valence electrons. The molecule has 1 aromatic heterocycles. The molecule has 0 fully saturated rings. The topological polar surface area (TPSA) is 48.1 Å². The number of pyridine rings is 1. The fourth-order valence-electron chi connectivity index (χ4n) is 1.46. The second-order valence-electron chi connectivity index (χ2n) is 3.63. The number of nitrogens with zero attached hydrogens (tertiary/aromatic N) is 1. The van der Waals surface area contributed by atoms with Crippen molar-refractivity contribution in [2.24, 2.45) is 0 Å². The van der Waals surface area contributed by atoms with E-state index in [1.807, 2.05) is 6.07 Å². The van der Waals surface area contributed by atoms with Crippen molar-refractivity contribution in [3.63, 3.8) is 0 Å². The summed E-state index contributed by atoms with van der Waals surface area (Å²) in [5, 5.41) is 0. The molecule has 2 N–H and O–H groups in total. The van der Waals surface area contributed by atoms with Gasteiger partial charge in [0.25, 0.3) is 0 Å². The molecule has 0 atom stereocenters. The van der Waals surface area contributed by atoms with Gasteiger partial charge in [-0.15, -0.1) is 0 Å². The monoisotopic (exact) mass is 232 g/mol. The SMILES string of the molecule is Nc1ncccc1COCc1ccccc1F. The summed E-state index contributed by atoms with van der Waals surface area (Å²) in [5.41, 5.74) is 7.01. The van der Waals surface area contributed by atoms with Gasteiger partial charge in [-0.1, -0.05) is 24.3 Å². The summed E-state index contributed by atoms with van der Waals surface area (Å²) < 4.78 is 18.7. The number of ether oxygens (including phenoxy) is 1. The number of hydrogen-bond acceptors (Lipinski definition) is 3. The van der Waals surface area contributed by atoms with Crippen molar-refractivity contribution in [3.8, 4) is 0 Å². The third-order valence-corrected chi connectivity index (χ3v) is 2.40. The number of hydrogen-bond donors (Lipinski definition) is 1. The molecule has 2 rings (SSSR count). The molecule has 0 bridgehead atoms. The van der Waals surface area contributed by atoms with Crippen molar-refractivity contribution in [1.82, 2.24) is 4.98 Å². The van der Waals surface area contributed by atoms with Gasteiger partial charge < -0.3 is 10.5 Å². The summed E-state index contributed by atoms with van der Waals surface area (Å²) in [6.07, 6.45) is 1.62. The van der Waals surface area contributed by atoms with Crippen LogP contribution >= 0.6 is 0 Å². The van der Waals surface area contributed by atoms with Crippen LogP contribution in [0.25, 0.3) is 0 Å². The van der Waals surface area contributed by atoms with Gasteiger partial charge in [-0.25, -0.2) is 9.37 Å². The number of rotatable bonds is 4. The van der Waals surface area contributed by atoms with Crippen LogP contribution in [0, 0.1) is 5.82 Å². The molecule has 2 aromatic rings. The van der Waals surface area contributed by atoms with E-state index in [2.05, 4.69) is 4.98 Å². The predicted molar refractivity (Wildman–Crippen MR) is 63.5 cm³/mol. The van der Waals surface area contributed by atoms with Crippen LogP contribution in [0.3, 0.4) is 0 Å². The van der Waals surface area contributed by atoms with Gasteiger partial charge in [0, 0.05) is 17.3 Å². The normalized spacial score (nSPS) is 10.4. The van der Waals surface area contributed by atoms with Gasteiger partial charge in [0.05, 0.1) is 13.2 Å². The summed E-state index contributed by atoms with van der Waals surface area (Å²) in [4.78, 5) is 3.95. The lowest BCUT2D eigenvalue weighted by molar-refractivity contribution is 0.105. The van der Waals surface area contributed by atoms with Gasteiger partial charge in [0.15, 0.2) is 0 Å². The average molecular weight is 232 g/mol. The lowest BCUT2D eigenvalue weighted by Crippen LogP contribution is -2.01. The van der Waals surface area contributed by atoms with E-state index < -0.39 is 0 Å². The first-order chi connectivity index (χ1) is 8.27. The molecule has 0 amide bonds. The van der Waals surface area contributed by atoms with Crippen molar-refractivity contribution in [1.29, 1.82) is 0 Å². The molecule has 0 unspecified atom stereocenters. The Bertz CT molecular complexity index is 457. The van der Waals surface area contributed by atoms with E-state index in [4.69, 9.17) is 10.5 Å². The van der Waals surface area contributed by atoms with Crippen molar-refractivity contribution in [3.05, 3.63) is 59.5 Å². The summed E-state index contributed by atoms with van der Waals surface area (Å²) in [7, 11) is 0. The Kier molecular flexibility index (Phi) is 3.67. The maximum Gasteiger partial charge on any atom is 0.128 e. The lowest BCUT2D eigenvalue weighted by Gasteiger charge is -2.06. The van der Waals surface area contributed by atoms with Gasteiger partial charge in [0.2, 0.25) is 0 Å². The minimum atomic E-state index is -0.258. The number of nitrogen functional groups attached to an aromatic ring is 1. The van der Waals surface area contributed by atoms with Crippen LogP contribution in [0.2, 0.25) is 0 Å². The minimum absolute atomic E-state index is 0.223. The zero-order chi connectivity index (χ0) is 12.1. The maximum absolute atomic E-state index is 13.3. The van der Waals surface area contributed by atoms with E-state index in [0.717, 1.165) is 5.56 Å². The quantitative estimate of drug-likeness (QED) is 0.881. The number of nitrogens with two attached hydrogens (primary N) is 1. The van der Waals surface area contributed by atoms with Crippen LogP contribution in [0.5, 0.6) is 0 Å². The molecule has 4 heteroatoms. The first-order valence-electron chi connectivity index (χ1n) is 5.28. The summed E-state index contributed by atoms with van der Waals surface area (Å²) in [6.45, 7) is 0.551. The molecule has 1 heterocycles. The second-order valence-corrected chi connectivity index (χ2v) is 3.63. The zero-order valence-corrected chi connectivity index (χ0v) is 9.27. The number of halogens is 1. The Hall–Kier alpha value is -1.94. The second kappa shape index (κ2) is 5.41. The molecule has 0 spiro atoms. The van der Waals surface area contributed by atoms with Crippen LogP contribution in [-0.4, -0.2) is 4.98 Å². The molecular formula is C13H13FN2O. The Morgan fingerprint density at radius 3 is 2.53 bits per heavy atom. The summed E-state index contributed by atoms with van der Waals surface area (Å²) >= 11 is 0. The number of aromatic nitrogens is 1. The molecule has 0 saturated heterocycles. The Morgan fingerprint density at radius 1 is 1.06 bits per heavy atom. The first kappa shape index (κ1) is 11.5. The molecule has 1 aromatic carbocycles. The van der Waals surface area contributed by atoms with Crippen LogP contribution in [0.15, 0.2) is 42.6 Å². The third-order valence-electron chi connectivity index (χ3n) is 2.40. The van der Waals surface area contributed by atoms with E-state index in [9.17, 15) is 4.39 Å². The van der Waals surface area contributed by atoms with Gasteiger partial charge in [-0.2, -0.15) is 0 Å². The van der Waals surface area contributed by atoms with Gasteiger partial charge >= 0.3 is 0 Å². The Balaban J connectivity index is 1.93. The van der Waals surface area contributed by atoms with Crippen molar-refractivity contribution in [2.45, 2.75) is 13.2 Å². The molecule has 3 nitrogen and oxygen atoms in total. The van der Waals surface area contributed by atoms with Crippen LogP contribution < -0.4 is 5.73 Å². The Labute approximate surface area is 99.1 Å². The van der Waals surface area contributed by atoms with Crippen LogP contribution in [0.4, 0.5) is 10.2 Å². The standard InChI is InChI=1S/C13H13FN2O/c14-12-6-2-1-4-10(12)8-17-9-11-5-3-7-16-13(11)15/h1-7H,8-9H2,(H2,15,16). The maximum atomic E-state index is 13.3. The van der Waals surface area contributed by atoms with E-state index in [0.29, 0.717) is 18.0 Å². The molecule has 0 aliphatic rings. The molecular weight excluding hydrogens is 219 g/mol. The highest BCUT2D eigenvalue weighted by atomic mass is 19.1. The van der Waals surface area contributed by atoms with Crippen LogP contribution in [-0.2, 0) is 18.0 Å². The van der Waals surface area contributed by atoms with Crippen molar-refractivity contribution in [2.75, 3.05) is 5.73 Å². The molecule has 0 aliphatic heterocycles. The van der Waals surface area contributed by atoms with E-state index >= 15 is 0 Å². The van der Waals surface area contributed by atoms with Gasteiger partial charge in [-0.3, -0.25) is 0 Å². The molecule has 0 saturated carbocycles. The molecule has 17 heavy (non-hydrogen) atoms. The lowest BCUT2D eigenvalue weighted by atomic mass is 10.2. The van der Waals surface area contributed by atoms with Crippen molar-refractivity contribution < 1.29 is 9.13 Å². The van der Waals surface area contributed by atoms with E-state index in [1.165, 1.54) is 6.07 Å². The van der Waals surface area contributed by atoms with E-state index in [-0.39, 0.29) is 12.4 Å². The average Bonchev–Trinajstić information content (AvgIpc) is 2.34. The minimum Gasteiger partial charge on any atom is -0.383 e. The predicted octanol–water partition coefficient (Wildman–Crippen LogP) is 2.52. The smallest absolute Gasteiger partial charge is 0.128 e. The van der Waals surface area contributed by atoms with E-state index in [1.54, 1.807) is 30.5 Å². The summed E-state index contributed by atoms with van der Waals surface area (Å²) in [5.74, 6) is 0.188. The third kappa shape index (κ3) is 3.01. The van der Waals surface area contributed by atoms with Crippen LogP contribution in [0.1, 0.15) is 11.1 Å². The Morgan fingerprint density at radius 2 is 1.76 bits per heavy atom. The van der Waals surface area contributed by atoms with Gasteiger partial charge in [-0.05, 0) is 12.1 Å². The molecule has 0 aliphatic carbocycles. The fourth-order valence-corrected chi connectivity index (χ4v) is 1.46. The zero-order valence-electron chi connectivity index (χ0n) is 9.27. The van der Waals surface area contributed by atoms with Gasteiger partial charge in [0.1, 0.15) is 11.6 Å². The number of benzene rings is 1. The first-order valence-corrected chi connectivity index (χ1v) is 5.28. The summed E-state index contributed by atoms with van der Waals surface area (Å²) in [6, 6.07) is 10.2. The fraction of sp³-hybridized carbons (Fsp3) is 0.154. The largest absolute Gasteiger partial charge is 0.383 e. The highest BCUT2D eigenvalue weighted by molar-refractivity contribution is 5.37.